The van der Waals surface area contributed by atoms with Gasteiger partial charge >= 0.3 is 0 Å². The molecule has 0 heterocycles. The lowest BCUT2D eigenvalue weighted by Gasteiger charge is -2.37. The number of fused-ring (bicyclic) bond motifs is 5. The Bertz CT molecular complexity index is 1880. The molecule has 0 nitrogen and oxygen atoms in total. The van der Waals surface area contributed by atoms with Crippen molar-refractivity contribution in [3.8, 4) is 22.3 Å². The summed E-state index contributed by atoms with van der Waals surface area (Å²) in [6, 6.07) is 40.8. The van der Waals surface area contributed by atoms with Crippen LogP contribution in [-0.2, 0) is 31.1 Å². The fourth-order valence-electron chi connectivity index (χ4n) is 8.55. The number of hydrogen-bond donors (Lipinski definition) is 0. The van der Waals surface area contributed by atoms with Crippen molar-refractivity contribution in [2.45, 2.75) is 85.0 Å². The van der Waals surface area contributed by atoms with Gasteiger partial charge in [-0.1, -0.05) is 139 Å². The predicted molar refractivity (Wildman–Crippen MR) is 190 cm³/mol. The minimum Gasteiger partial charge on any atom is -0.0619 e. The molecule has 0 amide bonds. The lowest BCUT2D eigenvalue weighted by Crippen LogP contribution is -2.30. The number of rotatable bonds is 5. The van der Waals surface area contributed by atoms with Crippen molar-refractivity contribution in [1.29, 1.82) is 0 Å². The molecule has 0 heteroatoms. The van der Waals surface area contributed by atoms with Crippen molar-refractivity contribution in [3.05, 3.63) is 153 Å². The van der Waals surface area contributed by atoms with Gasteiger partial charge < -0.3 is 0 Å². The molecule has 1 atom stereocenters. The van der Waals surface area contributed by atoms with E-state index < -0.39 is 0 Å². The van der Waals surface area contributed by atoms with E-state index in [9.17, 15) is 0 Å². The van der Waals surface area contributed by atoms with Gasteiger partial charge in [0.15, 0.2) is 0 Å². The van der Waals surface area contributed by atoms with E-state index >= 15 is 0 Å². The average molecular weight is 587 g/mol. The fourth-order valence-corrected chi connectivity index (χ4v) is 8.55. The second-order valence-corrected chi connectivity index (χ2v) is 16.3. The van der Waals surface area contributed by atoms with Gasteiger partial charge in [-0.05, 0) is 127 Å². The molecule has 0 radical (unpaired) electrons. The molecule has 3 aliphatic carbocycles. The SMILES string of the molecule is CC(C)(C)CC(c1ccc(-c2ccc3c(c2)C(c2ccc4c(c2)CC4)(c2ccc4c(c2)CC4)c2ccccc2-3)cc1)C(C)(C)C. The summed E-state index contributed by atoms with van der Waals surface area (Å²) in [5.74, 6) is 0.514. The summed E-state index contributed by atoms with van der Waals surface area (Å²) in [6.45, 7) is 14.3. The zero-order valence-corrected chi connectivity index (χ0v) is 27.9. The predicted octanol–water partition coefficient (Wildman–Crippen LogP) is 11.5. The van der Waals surface area contributed by atoms with E-state index in [0.29, 0.717) is 5.92 Å². The first kappa shape index (κ1) is 28.6. The molecule has 5 aromatic rings. The highest BCUT2D eigenvalue weighted by Crippen LogP contribution is 2.57. The first-order valence-electron chi connectivity index (χ1n) is 17.1. The molecule has 0 spiro atoms. The number of benzene rings is 5. The van der Waals surface area contributed by atoms with Crippen LogP contribution in [0.5, 0.6) is 0 Å². The highest BCUT2D eigenvalue weighted by Gasteiger charge is 2.47. The van der Waals surface area contributed by atoms with E-state index in [1.807, 2.05) is 0 Å². The minimum absolute atomic E-state index is 0.210. The third kappa shape index (κ3) is 4.55. The van der Waals surface area contributed by atoms with Gasteiger partial charge in [0.2, 0.25) is 0 Å². The van der Waals surface area contributed by atoms with Crippen LogP contribution in [0.25, 0.3) is 22.3 Å². The van der Waals surface area contributed by atoms with Crippen molar-refractivity contribution in [1.82, 2.24) is 0 Å². The molecule has 1 unspecified atom stereocenters. The van der Waals surface area contributed by atoms with Gasteiger partial charge in [0.1, 0.15) is 0 Å². The van der Waals surface area contributed by atoms with Crippen LogP contribution >= 0.6 is 0 Å². The van der Waals surface area contributed by atoms with E-state index in [1.165, 1.54) is 104 Å². The summed E-state index contributed by atoms with van der Waals surface area (Å²) >= 11 is 0. The zero-order valence-electron chi connectivity index (χ0n) is 27.9. The van der Waals surface area contributed by atoms with E-state index in [2.05, 4.69) is 145 Å². The van der Waals surface area contributed by atoms with E-state index in [0.717, 1.165) is 0 Å². The smallest absolute Gasteiger partial charge is 0.0619 e. The molecule has 8 rings (SSSR count). The Morgan fingerprint density at radius 2 is 1.09 bits per heavy atom. The van der Waals surface area contributed by atoms with Gasteiger partial charge in [-0.25, -0.2) is 0 Å². The van der Waals surface area contributed by atoms with Crippen molar-refractivity contribution in [3.63, 3.8) is 0 Å². The lowest BCUT2D eigenvalue weighted by atomic mass is 9.65. The largest absolute Gasteiger partial charge is 0.0713 e. The van der Waals surface area contributed by atoms with Crippen LogP contribution in [0.3, 0.4) is 0 Å². The van der Waals surface area contributed by atoms with Gasteiger partial charge in [0.25, 0.3) is 0 Å². The summed E-state index contributed by atoms with van der Waals surface area (Å²) in [4.78, 5) is 0. The molecular weight excluding hydrogens is 540 g/mol. The second kappa shape index (κ2) is 10.1. The first-order chi connectivity index (χ1) is 21.5. The lowest BCUT2D eigenvalue weighted by molar-refractivity contribution is 0.229. The maximum Gasteiger partial charge on any atom is 0.0713 e. The quantitative estimate of drug-likeness (QED) is 0.188. The maximum atomic E-state index is 2.54. The Morgan fingerprint density at radius 1 is 0.533 bits per heavy atom. The van der Waals surface area contributed by atoms with Crippen LogP contribution in [0.4, 0.5) is 0 Å². The molecule has 0 saturated carbocycles. The Hall–Kier alpha value is -3.90. The fraction of sp³-hybridized carbons (Fsp3) is 0.333. The van der Waals surface area contributed by atoms with Crippen molar-refractivity contribution in [2.24, 2.45) is 10.8 Å². The molecule has 45 heavy (non-hydrogen) atoms. The highest BCUT2D eigenvalue weighted by molar-refractivity contribution is 5.88. The summed E-state index contributed by atoms with van der Waals surface area (Å²) in [6.07, 6.45) is 5.97. The van der Waals surface area contributed by atoms with E-state index in [-0.39, 0.29) is 16.2 Å². The van der Waals surface area contributed by atoms with Crippen LogP contribution in [0.2, 0.25) is 0 Å². The highest BCUT2D eigenvalue weighted by atomic mass is 14.5. The van der Waals surface area contributed by atoms with E-state index in [4.69, 9.17) is 0 Å². The summed E-state index contributed by atoms with van der Waals surface area (Å²) in [5, 5.41) is 0. The molecule has 3 aliphatic rings. The first-order valence-corrected chi connectivity index (χ1v) is 17.1. The normalized spacial score (nSPS) is 16.5. The van der Waals surface area contributed by atoms with Gasteiger partial charge in [-0.15, -0.1) is 0 Å². The molecule has 226 valence electrons. The number of hydrogen-bond acceptors (Lipinski definition) is 0. The van der Waals surface area contributed by atoms with Gasteiger partial charge in [0.05, 0.1) is 5.41 Å². The topological polar surface area (TPSA) is 0 Å². The number of aryl methyl sites for hydroxylation is 4. The summed E-state index contributed by atoms with van der Waals surface area (Å²) in [7, 11) is 0. The molecule has 0 aliphatic heterocycles. The zero-order chi connectivity index (χ0) is 31.1. The Balaban J connectivity index is 1.31. The van der Waals surface area contributed by atoms with Crippen molar-refractivity contribution < 1.29 is 0 Å². The van der Waals surface area contributed by atoms with Crippen LogP contribution in [0.15, 0.2) is 103 Å². The molecule has 0 N–H and O–H groups in total. The van der Waals surface area contributed by atoms with E-state index in [1.54, 1.807) is 0 Å². The Kier molecular flexibility index (Phi) is 6.38. The van der Waals surface area contributed by atoms with Gasteiger partial charge in [-0.2, -0.15) is 0 Å². The minimum atomic E-state index is -0.332. The molecular formula is C45H46. The summed E-state index contributed by atoms with van der Waals surface area (Å²) < 4.78 is 0. The molecule has 5 aromatic carbocycles. The third-order valence-electron chi connectivity index (χ3n) is 11.2. The third-order valence-corrected chi connectivity index (χ3v) is 11.2. The molecule has 0 fully saturated rings. The molecule has 0 bridgehead atoms. The van der Waals surface area contributed by atoms with Crippen LogP contribution < -0.4 is 0 Å². The van der Waals surface area contributed by atoms with Crippen molar-refractivity contribution in [2.75, 3.05) is 0 Å². The maximum absolute atomic E-state index is 2.54. The van der Waals surface area contributed by atoms with Crippen molar-refractivity contribution >= 4 is 0 Å². The van der Waals surface area contributed by atoms with Crippen LogP contribution in [-0.4, -0.2) is 0 Å². The standard InChI is InChI=1S/C45H46/c1-43(2,3)28-42(44(4,5)6)32-15-11-29(12-16-32)35-21-24-39-38-9-7-8-10-40(38)45(41(39)27-35,36-22-19-30-13-17-33(30)25-36)37-23-20-31-14-18-34(31)26-37/h7-12,15-16,19-27,42H,13-14,17-18,28H2,1-6H3. The van der Waals surface area contributed by atoms with Gasteiger partial charge in [-0.3, -0.25) is 0 Å². The Labute approximate surface area is 270 Å². The van der Waals surface area contributed by atoms with Crippen LogP contribution in [0, 0.1) is 10.8 Å². The molecule has 0 aromatic heterocycles. The van der Waals surface area contributed by atoms with Crippen LogP contribution in [0.1, 0.15) is 104 Å². The monoisotopic (exact) mass is 586 g/mol. The Morgan fingerprint density at radius 3 is 1.62 bits per heavy atom. The van der Waals surface area contributed by atoms with Gasteiger partial charge in [0, 0.05) is 0 Å². The molecule has 0 saturated heterocycles. The average Bonchev–Trinajstić information content (AvgIpc) is 3.27. The summed E-state index contributed by atoms with van der Waals surface area (Å²) in [5.41, 5.74) is 18.7. The second-order valence-electron chi connectivity index (χ2n) is 16.3.